The minimum absolute atomic E-state index is 0.000250. The zero-order valence-corrected chi connectivity index (χ0v) is 13.3. The molecule has 2 rings (SSSR count). The van der Waals surface area contributed by atoms with Crippen molar-refractivity contribution < 1.29 is 14.7 Å². The standard InChI is InChI=1S/C16H18N2O3S/c1-3-10(2)14(19)17-8-11-5-4-6-12(7-11)15-18-13(9-22-15)16(20)21/h4-7,9-10H,3,8H2,1-2H3,(H,17,19)(H,20,21). The molecule has 1 unspecified atom stereocenters. The summed E-state index contributed by atoms with van der Waals surface area (Å²) in [4.78, 5) is 26.8. The number of hydrogen-bond donors (Lipinski definition) is 2. The molecule has 1 heterocycles. The molecule has 0 saturated heterocycles. The molecule has 116 valence electrons. The minimum atomic E-state index is -1.03. The zero-order chi connectivity index (χ0) is 16.1. The number of carboxylic acids is 1. The lowest BCUT2D eigenvalue weighted by atomic mass is 10.1. The normalized spacial score (nSPS) is 11.9. The van der Waals surface area contributed by atoms with E-state index in [4.69, 9.17) is 5.11 Å². The van der Waals surface area contributed by atoms with Crippen molar-refractivity contribution in [3.8, 4) is 10.6 Å². The van der Waals surface area contributed by atoms with Gasteiger partial charge >= 0.3 is 5.97 Å². The number of carboxylic acid groups (broad SMARTS) is 1. The highest BCUT2D eigenvalue weighted by atomic mass is 32.1. The monoisotopic (exact) mass is 318 g/mol. The minimum Gasteiger partial charge on any atom is -0.476 e. The first-order chi connectivity index (χ1) is 10.5. The van der Waals surface area contributed by atoms with Crippen LogP contribution in [0.15, 0.2) is 29.6 Å². The summed E-state index contributed by atoms with van der Waals surface area (Å²) < 4.78 is 0. The van der Waals surface area contributed by atoms with Crippen LogP contribution >= 0.6 is 11.3 Å². The highest BCUT2D eigenvalue weighted by molar-refractivity contribution is 7.13. The van der Waals surface area contributed by atoms with Crippen molar-refractivity contribution in [2.45, 2.75) is 26.8 Å². The Hall–Kier alpha value is -2.21. The second kappa shape index (κ2) is 7.17. The maximum Gasteiger partial charge on any atom is 0.355 e. The van der Waals surface area contributed by atoms with Crippen LogP contribution in [0.3, 0.4) is 0 Å². The lowest BCUT2D eigenvalue weighted by Gasteiger charge is -2.10. The molecular formula is C16H18N2O3S. The van der Waals surface area contributed by atoms with Crippen molar-refractivity contribution in [2.24, 2.45) is 5.92 Å². The van der Waals surface area contributed by atoms with E-state index in [2.05, 4.69) is 10.3 Å². The van der Waals surface area contributed by atoms with Crippen molar-refractivity contribution in [3.05, 3.63) is 40.9 Å². The molecule has 0 spiro atoms. The van der Waals surface area contributed by atoms with Gasteiger partial charge in [-0.05, 0) is 18.1 Å². The maximum atomic E-state index is 11.8. The number of hydrogen-bond acceptors (Lipinski definition) is 4. The van der Waals surface area contributed by atoms with Crippen LogP contribution in [0.2, 0.25) is 0 Å². The Morgan fingerprint density at radius 1 is 1.41 bits per heavy atom. The van der Waals surface area contributed by atoms with Gasteiger partial charge in [-0.1, -0.05) is 32.0 Å². The highest BCUT2D eigenvalue weighted by Gasteiger charge is 2.12. The van der Waals surface area contributed by atoms with Gasteiger partial charge < -0.3 is 10.4 Å². The third kappa shape index (κ3) is 3.92. The van der Waals surface area contributed by atoms with E-state index in [0.717, 1.165) is 17.5 Å². The Morgan fingerprint density at radius 3 is 2.82 bits per heavy atom. The molecule has 1 atom stereocenters. The summed E-state index contributed by atoms with van der Waals surface area (Å²) in [5.41, 5.74) is 1.87. The van der Waals surface area contributed by atoms with Crippen LogP contribution in [0.5, 0.6) is 0 Å². The summed E-state index contributed by atoms with van der Waals surface area (Å²) in [5.74, 6) is -0.991. The smallest absolute Gasteiger partial charge is 0.355 e. The van der Waals surface area contributed by atoms with Crippen molar-refractivity contribution in [1.29, 1.82) is 0 Å². The number of benzene rings is 1. The van der Waals surface area contributed by atoms with Gasteiger partial charge in [0.25, 0.3) is 0 Å². The first-order valence-corrected chi connectivity index (χ1v) is 7.95. The summed E-state index contributed by atoms with van der Waals surface area (Å²) in [5, 5.41) is 14.0. The first kappa shape index (κ1) is 16.2. The Balaban J connectivity index is 2.09. The molecule has 0 aliphatic heterocycles. The quantitative estimate of drug-likeness (QED) is 0.857. The summed E-state index contributed by atoms with van der Waals surface area (Å²) in [6.45, 7) is 4.33. The molecule has 6 heteroatoms. The number of carbonyl (C=O) groups is 2. The van der Waals surface area contributed by atoms with Crippen LogP contribution in [0.1, 0.15) is 36.3 Å². The maximum absolute atomic E-state index is 11.8. The molecule has 0 saturated carbocycles. The molecule has 1 amide bonds. The SMILES string of the molecule is CCC(C)C(=O)NCc1cccc(-c2nc(C(=O)O)cs2)c1. The van der Waals surface area contributed by atoms with Gasteiger partial charge in [0, 0.05) is 23.4 Å². The number of amides is 1. The number of thiazole rings is 1. The summed E-state index contributed by atoms with van der Waals surface area (Å²) in [6, 6.07) is 7.60. The molecule has 2 N–H and O–H groups in total. The van der Waals surface area contributed by atoms with Crippen LogP contribution in [-0.2, 0) is 11.3 Å². The predicted molar refractivity (Wildman–Crippen MR) is 85.8 cm³/mol. The van der Waals surface area contributed by atoms with Crippen LogP contribution in [0.4, 0.5) is 0 Å². The number of nitrogens with zero attached hydrogens (tertiary/aromatic N) is 1. The van der Waals surface area contributed by atoms with Crippen molar-refractivity contribution in [1.82, 2.24) is 10.3 Å². The Kier molecular flexibility index (Phi) is 5.27. The van der Waals surface area contributed by atoms with Crippen LogP contribution in [-0.4, -0.2) is 22.0 Å². The van der Waals surface area contributed by atoms with Crippen LogP contribution in [0.25, 0.3) is 10.6 Å². The molecule has 0 radical (unpaired) electrons. The van der Waals surface area contributed by atoms with E-state index >= 15 is 0 Å². The number of aromatic nitrogens is 1. The molecular weight excluding hydrogens is 300 g/mol. The number of carbonyl (C=O) groups excluding carboxylic acids is 1. The van der Waals surface area contributed by atoms with Crippen molar-refractivity contribution in [3.63, 3.8) is 0 Å². The summed E-state index contributed by atoms with van der Waals surface area (Å²) in [7, 11) is 0. The molecule has 0 fully saturated rings. The Bertz CT molecular complexity index is 682. The third-order valence-corrected chi connectivity index (χ3v) is 4.32. The topological polar surface area (TPSA) is 79.3 Å². The molecule has 0 bridgehead atoms. The van der Waals surface area contributed by atoms with Gasteiger partial charge in [-0.2, -0.15) is 0 Å². The van der Waals surface area contributed by atoms with Crippen molar-refractivity contribution in [2.75, 3.05) is 0 Å². The number of aromatic carboxylic acids is 1. The largest absolute Gasteiger partial charge is 0.476 e. The van der Waals surface area contributed by atoms with E-state index in [1.54, 1.807) is 0 Å². The number of nitrogens with one attached hydrogen (secondary N) is 1. The second-order valence-electron chi connectivity index (χ2n) is 5.07. The zero-order valence-electron chi connectivity index (χ0n) is 12.5. The fourth-order valence-electron chi connectivity index (χ4n) is 1.87. The van der Waals surface area contributed by atoms with Crippen LogP contribution in [0, 0.1) is 5.92 Å². The second-order valence-corrected chi connectivity index (χ2v) is 5.93. The van der Waals surface area contributed by atoms with Gasteiger partial charge in [-0.3, -0.25) is 4.79 Å². The average Bonchev–Trinajstić information content (AvgIpc) is 3.02. The lowest BCUT2D eigenvalue weighted by Crippen LogP contribution is -2.28. The van der Waals surface area contributed by atoms with E-state index in [9.17, 15) is 9.59 Å². The summed E-state index contributed by atoms with van der Waals surface area (Å²) in [6.07, 6.45) is 0.808. The Labute approximate surface area is 133 Å². The van der Waals surface area contributed by atoms with Gasteiger partial charge in [0.1, 0.15) is 5.01 Å². The van der Waals surface area contributed by atoms with E-state index in [0.29, 0.717) is 11.6 Å². The lowest BCUT2D eigenvalue weighted by molar-refractivity contribution is -0.124. The fraction of sp³-hybridized carbons (Fsp3) is 0.312. The van der Waals surface area contributed by atoms with E-state index in [1.807, 2.05) is 38.1 Å². The molecule has 22 heavy (non-hydrogen) atoms. The van der Waals surface area contributed by atoms with Crippen LogP contribution < -0.4 is 5.32 Å². The highest BCUT2D eigenvalue weighted by Crippen LogP contribution is 2.24. The van der Waals surface area contributed by atoms with E-state index < -0.39 is 5.97 Å². The van der Waals surface area contributed by atoms with Gasteiger partial charge in [0.05, 0.1) is 0 Å². The summed E-state index contributed by atoms with van der Waals surface area (Å²) >= 11 is 1.29. The molecule has 0 aliphatic rings. The molecule has 1 aromatic carbocycles. The van der Waals surface area contributed by atoms with Gasteiger partial charge in [0.15, 0.2) is 5.69 Å². The third-order valence-electron chi connectivity index (χ3n) is 3.42. The van der Waals surface area contributed by atoms with Crippen molar-refractivity contribution >= 4 is 23.2 Å². The molecule has 0 aliphatic carbocycles. The fourth-order valence-corrected chi connectivity index (χ4v) is 2.66. The predicted octanol–water partition coefficient (Wildman–Crippen LogP) is 3.17. The van der Waals surface area contributed by atoms with Gasteiger partial charge in [0.2, 0.25) is 5.91 Å². The average molecular weight is 318 g/mol. The Morgan fingerprint density at radius 2 is 2.18 bits per heavy atom. The first-order valence-electron chi connectivity index (χ1n) is 7.07. The van der Waals surface area contributed by atoms with E-state index in [-0.39, 0.29) is 17.5 Å². The molecule has 2 aromatic rings. The van der Waals surface area contributed by atoms with E-state index in [1.165, 1.54) is 16.7 Å². The number of rotatable bonds is 6. The molecule has 5 nitrogen and oxygen atoms in total. The van der Waals surface area contributed by atoms with Gasteiger partial charge in [-0.15, -0.1) is 11.3 Å². The van der Waals surface area contributed by atoms with Gasteiger partial charge in [-0.25, -0.2) is 9.78 Å². The molecule has 1 aromatic heterocycles.